The summed E-state index contributed by atoms with van der Waals surface area (Å²) in [7, 11) is 1.87. The van der Waals surface area contributed by atoms with E-state index in [-0.39, 0.29) is 5.78 Å². The van der Waals surface area contributed by atoms with Crippen LogP contribution in [0.4, 0.5) is 0 Å². The van der Waals surface area contributed by atoms with Gasteiger partial charge in [0.2, 0.25) is 0 Å². The Labute approximate surface area is 119 Å². The Morgan fingerprint density at radius 1 is 1.00 bits per heavy atom. The fourth-order valence-corrected chi connectivity index (χ4v) is 1.98. The van der Waals surface area contributed by atoms with Crippen LogP contribution in [0.25, 0.3) is 0 Å². The molecule has 0 unspecified atom stereocenters. The summed E-state index contributed by atoms with van der Waals surface area (Å²) in [4.78, 5) is 11.8. The summed E-state index contributed by atoms with van der Waals surface area (Å²) in [5, 5.41) is 6.23. The zero-order chi connectivity index (χ0) is 14.4. The Morgan fingerprint density at radius 2 is 1.55 bits per heavy atom. The standard InChI is InChI=1S/C17H18N2O/c1-14(20)17(16-11-7-4-8-12-16)18-19(2)13-15-9-5-3-6-10-15/h3-12H,13H2,1-2H3. The van der Waals surface area contributed by atoms with Gasteiger partial charge in [-0.1, -0.05) is 60.7 Å². The smallest absolute Gasteiger partial charge is 0.180 e. The SMILES string of the molecule is CC(=O)C(=NN(C)Cc1ccccc1)c1ccccc1. The summed E-state index contributed by atoms with van der Waals surface area (Å²) >= 11 is 0. The van der Waals surface area contributed by atoms with Gasteiger partial charge in [-0.3, -0.25) is 9.80 Å². The summed E-state index contributed by atoms with van der Waals surface area (Å²) in [6.07, 6.45) is 0. The Hall–Kier alpha value is -2.42. The molecule has 2 aromatic carbocycles. The highest BCUT2D eigenvalue weighted by atomic mass is 16.1. The van der Waals surface area contributed by atoms with E-state index in [2.05, 4.69) is 5.10 Å². The van der Waals surface area contributed by atoms with Crippen LogP contribution in [0.2, 0.25) is 0 Å². The molecule has 0 heterocycles. The molecule has 0 fully saturated rings. The highest BCUT2D eigenvalue weighted by Crippen LogP contribution is 2.07. The molecule has 0 saturated carbocycles. The topological polar surface area (TPSA) is 32.7 Å². The molecule has 0 radical (unpaired) electrons. The monoisotopic (exact) mass is 266 g/mol. The number of rotatable bonds is 5. The summed E-state index contributed by atoms with van der Waals surface area (Å²) < 4.78 is 0. The second-order valence-electron chi connectivity index (χ2n) is 4.67. The molecule has 102 valence electrons. The van der Waals surface area contributed by atoms with Crippen LogP contribution in [0, 0.1) is 0 Å². The zero-order valence-electron chi connectivity index (χ0n) is 11.8. The van der Waals surface area contributed by atoms with Crippen molar-refractivity contribution in [2.75, 3.05) is 7.05 Å². The molecule has 0 aliphatic carbocycles. The van der Waals surface area contributed by atoms with E-state index in [1.165, 1.54) is 0 Å². The third-order valence-corrected chi connectivity index (χ3v) is 2.91. The minimum absolute atomic E-state index is 0.0314. The van der Waals surface area contributed by atoms with Gasteiger partial charge in [-0.05, 0) is 5.56 Å². The first-order valence-corrected chi connectivity index (χ1v) is 6.57. The number of benzene rings is 2. The van der Waals surface area contributed by atoms with Crippen LogP contribution in [0.5, 0.6) is 0 Å². The predicted octanol–water partition coefficient (Wildman–Crippen LogP) is 3.11. The lowest BCUT2D eigenvalue weighted by Gasteiger charge is -2.15. The third kappa shape index (κ3) is 3.79. The average molecular weight is 266 g/mol. The highest BCUT2D eigenvalue weighted by molar-refractivity contribution is 6.45. The van der Waals surface area contributed by atoms with Crippen molar-refractivity contribution >= 4 is 11.5 Å². The summed E-state index contributed by atoms with van der Waals surface area (Å²) in [5.41, 5.74) is 2.50. The van der Waals surface area contributed by atoms with Crippen LogP contribution < -0.4 is 0 Å². The van der Waals surface area contributed by atoms with E-state index in [9.17, 15) is 4.79 Å². The molecule has 0 aliphatic rings. The Kier molecular flexibility index (Phi) is 4.66. The van der Waals surface area contributed by atoms with E-state index in [1.807, 2.05) is 67.7 Å². The molecular formula is C17H18N2O. The van der Waals surface area contributed by atoms with E-state index in [0.717, 1.165) is 11.1 Å². The maximum absolute atomic E-state index is 11.8. The number of hydrogen-bond acceptors (Lipinski definition) is 3. The van der Waals surface area contributed by atoms with Crippen LogP contribution in [-0.2, 0) is 11.3 Å². The molecule has 0 atom stereocenters. The van der Waals surface area contributed by atoms with Gasteiger partial charge in [0.1, 0.15) is 5.71 Å². The highest BCUT2D eigenvalue weighted by Gasteiger charge is 2.10. The van der Waals surface area contributed by atoms with E-state index in [0.29, 0.717) is 12.3 Å². The van der Waals surface area contributed by atoms with Gasteiger partial charge in [-0.2, -0.15) is 5.10 Å². The fraction of sp³-hybridized carbons (Fsp3) is 0.176. The van der Waals surface area contributed by atoms with E-state index >= 15 is 0 Å². The van der Waals surface area contributed by atoms with Gasteiger partial charge in [0.15, 0.2) is 5.78 Å². The average Bonchev–Trinajstić information content (AvgIpc) is 2.46. The Bertz CT molecular complexity index is 591. The largest absolute Gasteiger partial charge is 0.295 e. The van der Waals surface area contributed by atoms with Crippen LogP contribution in [-0.4, -0.2) is 23.6 Å². The lowest BCUT2D eigenvalue weighted by atomic mass is 10.1. The lowest BCUT2D eigenvalue weighted by molar-refractivity contribution is -0.111. The minimum atomic E-state index is -0.0314. The third-order valence-electron chi connectivity index (χ3n) is 2.91. The van der Waals surface area contributed by atoms with Crippen LogP contribution in [0.1, 0.15) is 18.1 Å². The molecule has 0 N–H and O–H groups in total. The fourth-order valence-electron chi connectivity index (χ4n) is 1.98. The van der Waals surface area contributed by atoms with Gasteiger partial charge >= 0.3 is 0 Å². The second kappa shape index (κ2) is 6.66. The zero-order valence-corrected chi connectivity index (χ0v) is 11.8. The number of ketones is 1. The van der Waals surface area contributed by atoms with E-state index < -0.39 is 0 Å². The molecule has 3 nitrogen and oxygen atoms in total. The molecular weight excluding hydrogens is 248 g/mol. The number of carbonyl (C=O) groups is 1. The number of carbonyl (C=O) groups excluding carboxylic acids is 1. The minimum Gasteiger partial charge on any atom is -0.295 e. The molecule has 0 saturated heterocycles. The predicted molar refractivity (Wildman–Crippen MR) is 81.6 cm³/mol. The molecule has 2 rings (SSSR count). The molecule has 0 bridgehead atoms. The normalized spacial score (nSPS) is 11.2. The van der Waals surface area contributed by atoms with Crippen molar-refractivity contribution in [1.82, 2.24) is 5.01 Å². The number of hydrazone groups is 1. The van der Waals surface area contributed by atoms with Crippen molar-refractivity contribution < 1.29 is 4.79 Å². The molecule has 0 amide bonds. The van der Waals surface area contributed by atoms with Crippen molar-refractivity contribution in [3.05, 3.63) is 71.8 Å². The molecule has 2 aromatic rings. The van der Waals surface area contributed by atoms with Gasteiger partial charge < -0.3 is 0 Å². The Balaban J connectivity index is 2.19. The van der Waals surface area contributed by atoms with Crippen molar-refractivity contribution in [1.29, 1.82) is 0 Å². The molecule has 0 spiro atoms. The number of nitrogens with zero attached hydrogens (tertiary/aromatic N) is 2. The van der Waals surface area contributed by atoms with Crippen molar-refractivity contribution in [2.45, 2.75) is 13.5 Å². The second-order valence-corrected chi connectivity index (χ2v) is 4.67. The van der Waals surface area contributed by atoms with Gasteiger partial charge in [-0.25, -0.2) is 0 Å². The van der Waals surface area contributed by atoms with Crippen LogP contribution in [0.15, 0.2) is 65.8 Å². The van der Waals surface area contributed by atoms with Crippen molar-refractivity contribution in [2.24, 2.45) is 5.10 Å². The molecule has 0 aromatic heterocycles. The van der Waals surface area contributed by atoms with Gasteiger partial charge in [0, 0.05) is 19.5 Å². The first-order valence-electron chi connectivity index (χ1n) is 6.57. The molecule has 3 heteroatoms. The van der Waals surface area contributed by atoms with E-state index in [4.69, 9.17) is 0 Å². The van der Waals surface area contributed by atoms with Crippen LogP contribution >= 0.6 is 0 Å². The Morgan fingerprint density at radius 3 is 2.10 bits per heavy atom. The summed E-state index contributed by atoms with van der Waals surface area (Å²) in [6.45, 7) is 2.21. The first-order chi connectivity index (χ1) is 9.66. The summed E-state index contributed by atoms with van der Waals surface area (Å²) in [6, 6.07) is 19.6. The lowest BCUT2D eigenvalue weighted by Crippen LogP contribution is -2.19. The van der Waals surface area contributed by atoms with E-state index in [1.54, 1.807) is 11.9 Å². The van der Waals surface area contributed by atoms with Crippen molar-refractivity contribution in [3.8, 4) is 0 Å². The first kappa shape index (κ1) is 14.0. The quantitative estimate of drug-likeness (QED) is 0.615. The molecule has 20 heavy (non-hydrogen) atoms. The van der Waals surface area contributed by atoms with Crippen molar-refractivity contribution in [3.63, 3.8) is 0 Å². The summed E-state index contributed by atoms with van der Waals surface area (Å²) in [5.74, 6) is -0.0314. The number of hydrogen-bond donors (Lipinski definition) is 0. The number of Topliss-reactive ketones (excluding diaryl/α,β-unsaturated/α-hetero) is 1. The van der Waals surface area contributed by atoms with Crippen LogP contribution in [0.3, 0.4) is 0 Å². The molecule has 0 aliphatic heterocycles. The maximum Gasteiger partial charge on any atom is 0.180 e. The van der Waals surface area contributed by atoms with Gasteiger partial charge in [0.25, 0.3) is 0 Å². The van der Waals surface area contributed by atoms with Gasteiger partial charge in [-0.15, -0.1) is 0 Å². The maximum atomic E-state index is 11.8. The van der Waals surface area contributed by atoms with Gasteiger partial charge in [0.05, 0.1) is 6.54 Å².